The molecule has 0 aliphatic rings. The highest BCUT2D eigenvalue weighted by molar-refractivity contribution is 5.28. The SMILES string of the molecule is CCCNCCOc1ccncc1C. The predicted molar refractivity (Wildman–Crippen MR) is 57.6 cm³/mol. The van der Waals surface area contributed by atoms with Gasteiger partial charge in [0.2, 0.25) is 0 Å². The van der Waals surface area contributed by atoms with Gasteiger partial charge in [-0.15, -0.1) is 0 Å². The summed E-state index contributed by atoms with van der Waals surface area (Å²) in [5, 5.41) is 3.28. The second-order valence-corrected chi connectivity index (χ2v) is 3.24. The Kier molecular flexibility index (Phi) is 5.00. The third kappa shape index (κ3) is 3.75. The van der Waals surface area contributed by atoms with Crippen molar-refractivity contribution in [3.05, 3.63) is 24.0 Å². The summed E-state index contributed by atoms with van der Waals surface area (Å²) in [5.74, 6) is 0.929. The minimum absolute atomic E-state index is 0.713. The highest BCUT2D eigenvalue weighted by Gasteiger charge is 1.96. The molecular formula is C11H18N2O. The second-order valence-electron chi connectivity index (χ2n) is 3.24. The summed E-state index contributed by atoms with van der Waals surface area (Å²) in [5.41, 5.74) is 1.09. The van der Waals surface area contributed by atoms with Crippen molar-refractivity contribution in [2.75, 3.05) is 19.7 Å². The fourth-order valence-corrected chi connectivity index (χ4v) is 1.16. The van der Waals surface area contributed by atoms with Crippen LogP contribution < -0.4 is 10.1 Å². The zero-order valence-electron chi connectivity index (χ0n) is 8.92. The quantitative estimate of drug-likeness (QED) is 0.701. The number of nitrogens with zero attached hydrogens (tertiary/aromatic N) is 1. The van der Waals surface area contributed by atoms with Crippen molar-refractivity contribution in [2.45, 2.75) is 20.3 Å². The number of hydrogen-bond donors (Lipinski definition) is 1. The van der Waals surface area contributed by atoms with Crippen LogP contribution in [0.3, 0.4) is 0 Å². The minimum atomic E-state index is 0.713. The molecule has 0 spiro atoms. The molecule has 1 heterocycles. The molecule has 0 aliphatic heterocycles. The van der Waals surface area contributed by atoms with Gasteiger partial charge < -0.3 is 10.1 Å². The van der Waals surface area contributed by atoms with Gasteiger partial charge in [-0.25, -0.2) is 0 Å². The van der Waals surface area contributed by atoms with Gasteiger partial charge in [0.05, 0.1) is 0 Å². The molecule has 0 aliphatic carbocycles. The standard InChI is InChI=1S/C11H18N2O/c1-3-5-12-7-8-14-11-4-6-13-9-10(11)2/h4,6,9,12H,3,5,7-8H2,1-2H3. The maximum absolute atomic E-state index is 5.58. The Hall–Kier alpha value is -1.09. The molecular weight excluding hydrogens is 176 g/mol. The number of aryl methyl sites for hydroxylation is 1. The lowest BCUT2D eigenvalue weighted by molar-refractivity contribution is 0.312. The first kappa shape index (κ1) is 11.0. The molecule has 0 saturated carbocycles. The van der Waals surface area contributed by atoms with Crippen molar-refractivity contribution in [1.82, 2.24) is 10.3 Å². The number of pyridine rings is 1. The Labute approximate surface area is 85.5 Å². The van der Waals surface area contributed by atoms with E-state index in [2.05, 4.69) is 17.2 Å². The third-order valence-corrected chi connectivity index (χ3v) is 1.93. The summed E-state index contributed by atoms with van der Waals surface area (Å²) in [4.78, 5) is 4.01. The van der Waals surface area contributed by atoms with Crippen LogP contribution >= 0.6 is 0 Å². The van der Waals surface area contributed by atoms with Crippen molar-refractivity contribution in [3.63, 3.8) is 0 Å². The van der Waals surface area contributed by atoms with Gasteiger partial charge in [0.25, 0.3) is 0 Å². The van der Waals surface area contributed by atoms with Crippen LogP contribution in [0.25, 0.3) is 0 Å². The molecule has 78 valence electrons. The molecule has 1 N–H and O–H groups in total. The summed E-state index contributed by atoms with van der Waals surface area (Å²) < 4.78 is 5.58. The number of hydrogen-bond acceptors (Lipinski definition) is 3. The molecule has 14 heavy (non-hydrogen) atoms. The van der Waals surface area contributed by atoms with Gasteiger partial charge in [-0.2, -0.15) is 0 Å². The smallest absolute Gasteiger partial charge is 0.125 e. The lowest BCUT2D eigenvalue weighted by Gasteiger charge is -2.08. The van der Waals surface area contributed by atoms with Gasteiger partial charge in [0.1, 0.15) is 12.4 Å². The molecule has 0 atom stereocenters. The number of rotatable bonds is 6. The first-order chi connectivity index (χ1) is 6.84. The van der Waals surface area contributed by atoms with Crippen LogP contribution in [-0.2, 0) is 0 Å². The highest BCUT2D eigenvalue weighted by Crippen LogP contribution is 2.13. The van der Waals surface area contributed by atoms with Gasteiger partial charge >= 0.3 is 0 Å². The molecule has 0 aromatic carbocycles. The number of ether oxygens (including phenoxy) is 1. The van der Waals surface area contributed by atoms with E-state index >= 15 is 0 Å². The van der Waals surface area contributed by atoms with E-state index in [-0.39, 0.29) is 0 Å². The Morgan fingerprint density at radius 3 is 3.00 bits per heavy atom. The van der Waals surface area contributed by atoms with E-state index in [9.17, 15) is 0 Å². The predicted octanol–water partition coefficient (Wildman–Crippen LogP) is 1.77. The molecule has 3 heteroatoms. The van der Waals surface area contributed by atoms with Crippen LogP contribution in [0, 0.1) is 6.92 Å². The first-order valence-electron chi connectivity index (χ1n) is 5.08. The van der Waals surface area contributed by atoms with E-state index in [4.69, 9.17) is 4.74 Å². The van der Waals surface area contributed by atoms with E-state index in [1.165, 1.54) is 0 Å². The van der Waals surface area contributed by atoms with E-state index in [0.717, 1.165) is 30.8 Å². The topological polar surface area (TPSA) is 34.1 Å². The maximum Gasteiger partial charge on any atom is 0.125 e. The third-order valence-electron chi connectivity index (χ3n) is 1.93. The average Bonchev–Trinajstić information content (AvgIpc) is 2.20. The summed E-state index contributed by atoms with van der Waals surface area (Å²) in [6.07, 6.45) is 4.73. The molecule has 3 nitrogen and oxygen atoms in total. The Morgan fingerprint density at radius 2 is 2.29 bits per heavy atom. The molecule has 0 unspecified atom stereocenters. The van der Waals surface area contributed by atoms with Crippen molar-refractivity contribution >= 4 is 0 Å². The van der Waals surface area contributed by atoms with Gasteiger partial charge in [0.15, 0.2) is 0 Å². The van der Waals surface area contributed by atoms with Crippen LogP contribution in [0.5, 0.6) is 5.75 Å². The van der Waals surface area contributed by atoms with Crippen molar-refractivity contribution in [2.24, 2.45) is 0 Å². The van der Waals surface area contributed by atoms with Crippen LogP contribution in [0.4, 0.5) is 0 Å². The highest BCUT2D eigenvalue weighted by atomic mass is 16.5. The molecule has 0 saturated heterocycles. The van der Waals surface area contributed by atoms with Gasteiger partial charge in [0, 0.05) is 24.5 Å². The lowest BCUT2D eigenvalue weighted by atomic mass is 10.3. The Bertz CT molecular complexity index is 263. The normalized spacial score (nSPS) is 10.1. The van der Waals surface area contributed by atoms with Crippen molar-refractivity contribution < 1.29 is 4.74 Å². The summed E-state index contributed by atoms with van der Waals surface area (Å²) in [6.45, 7) is 6.82. The summed E-state index contributed by atoms with van der Waals surface area (Å²) in [7, 11) is 0. The number of aromatic nitrogens is 1. The molecule has 1 aromatic rings. The molecule has 0 radical (unpaired) electrons. The van der Waals surface area contributed by atoms with Gasteiger partial charge in [-0.1, -0.05) is 6.92 Å². The fourth-order valence-electron chi connectivity index (χ4n) is 1.16. The largest absolute Gasteiger partial charge is 0.492 e. The van der Waals surface area contributed by atoms with Crippen LogP contribution in [0.1, 0.15) is 18.9 Å². The molecule has 0 fully saturated rings. The molecule has 0 bridgehead atoms. The summed E-state index contributed by atoms with van der Waals surface area (Å²) in [6, 6.07) is 1.90. The van der Waals surface area contributed by atoms with Crippen molar-refractivity contribution in [3.8, 4) is 5.75 Å². The van der Waals surface area contributed by atoms with Gasteiger partial charge in [-0.05, 0) is 26.0 Å². The van der Waals surface area contributed by atoms with E-state index in [1.807, 2.05) is 19.2 Å². The molecule has 1 aromatic heterocycles. The van der Waals surface area contributed by atoms with Gasteiger partial charge in [-0.3, -0.25) is 4.98 Å². The van der Waals surface area contributed by atoms with E-state index in [0.29, 0.717) is 6.61 Å². The average molecular weight is 194 g/mol. The lowest BCUT2D eigenvalue weighted by Crippen LogP contribution is -2.21. The monoisotopic (exact) mass is 194 g/mol. The Morgan fingerprint density at radius 1 is 1.43 bits per heavy atom. The zero-order chi connectivity index (χ0) is 10.2. The Balaban J connectivity index is 2.21. The molecule has 0 amide bonds. The van der Waals surface area contributed by atoms with Crippen molar-refractivity contribution in [1.29, 1.82) is 0 Å². The van der Waals surface area contributed by atoms with E-state index in [1.54, 1.807) is 6.20 Å². The zero-order valence-corrected chi connectivity index (χ0v) is 8.92. The van der Waals surface area contributed by atoms with Crippen LogP contribution in [0.2, 0.25) is 0 Å². The first-order valence-corrected chi connectivity index (χ1v) is 5.08. The van der Waals surface area contributed by atoms with Crippen LogP contribution in [-0.4, -0.2) is 24.7 Å². The fraction of sp³-hybridized carbons (Fsp3) is 0.545. The maximum atomic E-state index is 5.58. The summed E-state index contributed by atoms with van der Waals surface area (Å²) >= 11 is 0. The minimum Gasteiger partial charge on any atom is -0.492 e. The second kappa shape index (κ2) is 6.38. The number of nitrogens with one attached hydrogen (secondary N) is 1. The van der Waals surface area contributed by atoms with E-state index < -0.39 is 0 Å². The van der Waals surface area contributed by atoms with Crippen LogP contribution in [0.15, 0.2) is 18.5 Å². The molecule has 1 rings (SSSR count).